The van der Waals surface area contributed by atoms with Crippen LogP contribution in [0.4, 0.5) is 0 Å². The molecule has 1 heterocycles. The summed E-state index contributed by atoms with van der Waals surface area (Å²) in [5.41, 5.74) is 0.513. The van der Waals surface area contributed by atoms with E-state index in [0.29, 0.717) is 23.7 Å². The van der Waals surface area contributed by atoms with E-state index in [-0.39, 0.29) is 28.2 Å². The summed E-state index contributed by atoms with van der Waals surface area (Å²) in [4.78, 5) is 12.5. The van der Waals surface area contributed by atoms with Crippen LogP contribution < -0.4 is 5.32 Å². The number of carbonyl (C=O) groups is 1. The SMILES string of the molecule is C[C@@H]1C[C@H](C)CN(S(=O)(=O)c2ccc(C(=O)NC(=N)OC(=N)c3cccc(Cl)c3)cc2)C1. The van der Waals surface area contributed by atoms with E-state index < -0.39 is 22.0 Å². The maximum atomic E-state index is 13.0. The fourth-order valence-electron chi connectivity index (χ4n) is 3.72. The van der Waals surface area contributed by atoms with Gasteiger partial charge in [-0.05, 0) is 60.7 Å². The van der Waals surface area contributed by atoms with Crippen molar-refractivity contribution in [1.29, 1.82) is 10.8 Å². The van der Waals surface area contributed by atoms with Gasteiger partial charge in [-0.2, -0.15) is 4.31 Å². The number of hydrogen-bond donors (Lipinski definition) is 3. The first-order chi connectivity index (χ1) is 15.1. The van der Waals surface area contributed by atoms with Gasteiger partial charge < -0.3 is 4.74 Å². The first kappa shape index (κ1) is 23.9. The van der Waals surface area contributed by atoms with Gasteiger partial charge in [-0.1, -0.05) is 31.5 Å². The molecule has 0 saturated carbocycles. The van der Waals surface area contributed by atoms with Gasteiger partial charge in [0.05, 0.1) is 4.90 Å². The molecule has 1 fully saturated rings. The monoisotopic (exact) mass is 476 g/mol. The lowest BCUT2D eigenvalue weighted by atomic mass is 9.94. The normalized spacial score (nSPS) is 19.2. The van der Waals surface area contributed by atoms with Gasteiger partial charge in [0.25, 0.3) is 11.9 Å². The zero-order chi connectivity index (χ0) is 23.5. The van der Waals surface area contributed by atoms with Crippen molar-refractivity contribution < 1.29 is 17.9 Å². The van der Waals surface area contributed by atoms with Gasteiger partial charge in [-0.3, -0.25) is 20.9 Å². The summed E-state index contributed by atoms with van der Waals surface area (Å²) >= 11 is 5.88. The second-order valence-electron chi connectivity index (χ2n) is 8.02. The largest absolute Gasteiger partial charge is 0.407 e. The summed E-state index contributed by atoms with van der Waals surface area (Å²) in [7, 11) is -3.65. The van der Waals surface area contributed by atoms with E-state index >= 15 is 0 Å². The minimum absolute atomic E-state index is 0.115. The van der Waals surface area contributed by atoms with Gasteiger partial charge in [-0.15, -0.1) is 0 Å². The number of amides is 1. The van der Waals surface area contributed by atoms with Crippen LogP contribution in [-0.4, -0.2) is 43.6 Å². The predicted octanol–water partition coefficient (Wildman–Crippen LogP) is 3.71. The van der Waals surface area contributed by atoms with Crippen LogP contribution in [0.25, 0.3) is 0 Å². The molecule has 1 amide bonds. The zero-order valence-corrected chi connectivity index (χ0v) is 19.3. The lowest BCUT2D eigenvalue weighted by molar-refractivity contribution is 0.0971. The molecule has 0 radical (unpaired) electrons. The molecule has 3 N–H and O–H groups in total. The van der Waals surface area contributed by atoms with Crippen LogP contribution in [0, 0.1) is 22.7 Å². The molecule has 1 saturated heterocycles. The van der Waals surface area contributed by atoms with Crippen molar-refractivity contribution in [2.75, 3.05) is 13.1 Å². The standard InChI is InChI=1S/C22H25ClN4O4S/c1-14-10-15(2)13-27(12-14)32(29,30)19-8-6-16(7-9-19)21(28)26-22(25)31-20(24)17-4-3-5-18(23)11-17/h3-9,11,14-15,24H,10,12-13H2,1-2H3,(H2,25,26,28)/t14-,15+. The van der Waals surface area contributed by atoms with Gasteiger partial charge in [0, 0.05) is 29.2 Å². The highest BCUT2D eigenvalue weighted by Crippen LogP contribution is 2.26. The highest BCUT2D eigenvalue weighted by molar-refractivity contribution is 7.89. The van der Waals surface area contributed by atoms with E-state index in [1.165, 1.54) is 34.6 Å². The Kier molecular flexibility index (Phi) is 7.33. The average Bonchev–Trinajstić information content (AvgIpc) is 2.73. The fraction of sp³-hybridized carbons (Fsp3) is 0.318. The number of hydrogen-bond acceptors (Lipinski definition) is 6. The molecule has 8 nitrogen and oxygen atoms in total. The van der Waals surface area contributed by atoms with Gasteiger partial charge >= 0.3 is 0 Å². The van der Waals surface area contributed by atoms with E-state index in [4.69, 9.17) is 27.2 Å². The van der Waals surface area contributed by atoms with Crippen LogP contribution in [0.1, 0.15) is 36.2 Å². The molecular weight excluding hydrogens is 452 g/mol. The van der Waals surface area contributed by atoms with Crippen LogP contribution in [-0.2, 0) is 14.8 Å². The molecule has 0 aromatic heterocycles. The lowest BCUT2D eigenvalue weighted by Crippen LogP contribution is -2.42. The molecule has 170 valence electrons. The van der Waals surface area contributed by atoms with Gasteiger partial charge in [-0.25, -0.2) is 8.42 Å². The molecule has 2 aromatic carbocycles. The summed E-state index contributed by atoms with van der Waals surface area (Å²) in [6.07, 6.45) is 0.994. The Labute approximate surface area is 192 Å². The Morgan fingerprint density at radius 3 is 2.28 bits per heavy atom. The highest BCUT2D eigenvalue weighted by Gasteiger charge is 2.31. The van der Waals surface area contributed by atoms with Gasteiger partial charge in [0.15, 0.2) is 0 Å². The highest BCUT2D eigenvalue weighted by atomic mass is 35.5. The third kappa shape index (κ3) is 5.73. The predicted molar refractivity (Wildman–Crippen MR) is 123 cm³/mol. The molecule has 0 unspecified atom stereocenters. The molecule has 32 heavy (non-hydrogen) atoms. The molecular formula is C22H25ClN4O4S. The molecule has 0 aliphatic carbocycles. The first-order valence-corrected chi connectivity index (χ1v) is 11.9. The van der Waals surface area contributed by atoms with E-state index in [2.05, 4.69) is 5.32 Å². The van der Waals surface area contributed by atoms with Crippen LogP contribution in [0.3, 0.4) is 0 Å². The molecule has 3 rings (SSSR count). The van der Waals surface area contributed by atoms with Crippen molar-refractivity contribution in [3.63, 3.8) is 0 Å². The Bertz CT molecular complexity index is 1120. The molecule has 0 spiro atoms. The van der Waals surface area contributed by atoms with Crippen LogP contribution in [0.15, 0.2) is 53.4 Å². The number of ether oxygens (including phenoxy) is 1. The molecule has 10 heteroatoms. The number of carbonyl (C=O) groups excluding carboxylic acids is 1. The number of nitrogens with zero attached hydrogens (tertiary/aromatic N) is 1. The maximum Gasteiger partial charge on any atom is 0.295 e. The number of sulfonamides is 1. The second-order valence-corrected chi connectivity index (χ2v) is 10.4. The third-order valence-corrected chi connectivity index (χ3v) is 7.19. The van der Waals surface area contributed by atoms with Crippen LogP contribution >= 0.6 is 11.6 Å². The number of benzene rings is 2. The smallest absolute Gasteiger partial charge is 0.295 e. The van der Waals surface area contributed by atoms with E-state index in [1.807, 2.05) is 13.8 Å². The minimum Gasteiger partial charge on any atom is -0.407 e. The Morgan fingerprint density at radius 1 is 1.06 bits per heavy atom. The molecule has 2 aromatic rings. The molecule has 1 aliphatic rings. The quantitative estimate of drug-likeness (QED) is 0.459. The summed E-state index contributed by atoms with van der Waals surface area (Å²) in [5, 5.41) is 18.3. The lowest BCUT2D eigenvalue weighted by Gasteiger charge is -2.34. The first-order valence-electron chi connectivity index (χ1n) is 10.1. The van der Waals surface area contributed by atoms with E-state index in [0.717, 1.165) is 6.42 Å². The maximum absolute atomic E-state index is 13.0. The van der Waals surface area contributed by atoms with E-state index in [9.17, 15) is 13.2 Å². The Morgan fingerprint density at radius 2 is 1.69 bits per heavy atom. The summed E-state index contributed by atoms with van der Waals surface area (Å²) in [6, 6.07) is 11.3. The topological polar surface area (TPSA) is 123 Å². The van der Waals surface area contributed by atoms with Crippen molar-refractivity contribution in [1.82, 2.24) is 9.62 Å². The van der Waals surface area contributed by atoms with E-state index in [1.54, 1.807) is 18.2 Å². The number of nitrogens with one attached hydrogen (secondary N) is 3. The fourth-order valence-corrected chi connectivity index (χ4v) is 5.59. The number of halogens is 1. The third-order valence-electron chi connectivity index (χ3n) is 5.11. The summed E-state index contributed by atoms with van der Waals surface area (Å²) in [6.45, 7) is 5.02. The molecule has 2 atom stereocenters. The van der Waals surface area contributed by atoms with Crippen molar-refractivity contribution in [2.45, 2.75) is 25.2 Å². The second kappa shape index (κ2) is 9.81. The van der Waals surface area contributed by atoms with Crippen molar-refractivity contribution in [2.24, 2.45) is 11.8 Å². The van der Waals surface area contributed by atoms with Gasteiger partial charge in [0.2, 0.25) is 15.9 Å². The zero-order valence-electron chi connectivity index (χ0n) is 17.8. The minimum atomic E-state index is -3.65. The van der Waals surface area contributed by atoms with Crippen LogP contribution in [0.5, 0.6) is 0 Å². The van der Waals surface area contributed by atoms with Gasteiger partial charge in [0.1, 0.15) is 0 Å². The Hall–Kier alpha value is -2.75. The summed E-state index contributed by atoms with van der Waals surface area (Å²) < 4.78 is 32.4. The van der Waals surface area contributed by atoms with Crippen molar-refractivity contribution in [3.05, 3.63) is 64.7 Å². The number of rotatable bonds is 4. The number of amidine groups is 1. The van der Waals surface area contributed by atoms with Crippen molar-refractivity contribution in [3.8, 4) is 0 Å². The Balaban J connectivity index is 1.63. The number of piperidine rings is 1. The molecule has 0 bridgehead atoms. The molecule has 1 aliphatic heterocycles. The average molecular weight is 477 g/mol. The van der Waals surface area contributed by atoms with Crippen LogP contribution in [0.2, 0.25) is 5.02 Å². The van der Waals surface area contributed by atoms with Crippen molar-refractivity contribution >= 4 is 39.5 Å². The summed E-state index contributed by atoms with van der Waals surface area (Å²) in [5.74, 6) is -0.423.